The molecule has 0 saturated carbocycles. The maximum atomic E-state index is 12.0. The third kappa shape index (κ3) is 5.57. The number of urea groups is 1. The highest BCUT2D eigenvalue weighted by Crippen LogP contribution is 2.09. The van der Waals surface area contributed by atoms with Gasteiger partial charge in [-0.25, -0.2) is 23.4 Å². The van der Waals surface area contributed by atoms with E-state index in [0.717, 1.165) is 5.56 Å². The number of benzene rings is 1. The summed E-state index contributed by atoms with van der Waals surface area (Å²) in [4.78, 5) is 35.2. The molecular weight excluding hydrogens is 380 g/mol. The summed E-state index contributed by atoms with van der Waals surface area (Å²) >= 11 is 1.22. The average Bonchev–Trinajstić information content (AvgIpc) is 3.12. The number of hydrogen-bond acceptors (Lipinski definition) is 6. The molecule has 0 aliphatic rings. The van der Waals surface area contributed by atoms with Crippen molar-refractivity contribution in [3.63, 3.8) is 0 Å². The van der Waals surface area contributed by atoms with Crippen LogP contribution >= 0.6 is 11.3 Å². The molecule has 0 aliphatic heterocycles. The van der Waals surface area contributed by atoms with Crippen molar-refractivity contribution < 1.29 is 22.8 Å². The molecule has 0 unspecified atom stereocenters. The maximum absolute atomic E-state index is 12.0. The van der Waals surface area contributed by atoms with Gasteiger partial charge in [0.05, 0.1) is 16.3 Å². The summed E-state index contributed by atoms with van der Waals surface area (Å²) in [6, 6.07) is 8.03. The quantitative estimate of drug-likeness (QED) is 0.546. The molecule has 0 spiro atoms. The monoisotopic (exact) mass is 396 g/mol. The van der Waals surface area contributed by atoms with Gasteiger partial charge < -0.3 is 5.32 Å². The number of carbonyl (C=O) groups excluding carboxylic acids is 3. The first kappa shape index (κ1) is 19.4. The minimum atomic E-state index is -4.06. The number of hydrazine groups is 1. The molecule has 0 fully saturated rings. The summed E-state index contributed by atoms with van der Waals surface area (Å²) in [6.45, 7) is 1.41. The van der Waals surface area contributed by atoms with E-state index in [9.17, 15) is 22.8 Å². The van der Waals surface area contributed by atoms with E-state index in [1.165, 1.54) is 23.5 Å². The van der Waals surface area contributed by atoms with Crippen LogP contribution < -0.4 is 20.9 Å². The first-order chi connectivity index (χ1) is 12.3. The standard InChI is InChI=1S/C15H16N4O5S2/c1-10-4-6-11(7-5-10)26(23,24)19-15(22)18-17-13(20)9-16-14(21)12-3-2-8-25-12/h2-8H,9H2,1H3,(H,16,21)(H,17,20)(H2,18,19,22). The van der Waals surface area contributed by atoms with Gasteiger partial charge in [0.15, 0.2) is 0 Å². The minimum Gasteiger partial charge on any atom is -0.342 e. The molecule has 2 rings (SSSR count). The fourth-order valence-corrected chi connectivity index (χ4v) is 3.30. The maximum Gasteiger partial charge on any atom is 0.347 e. The van der Waals surface area contributed by atoms with E-state index in [-0.39, 0.29) is 11.4 Å². The molecule has 4 amide bonds. The number of hydrogen-bond donors (Lipinski definition) is 4. The van der Waals surface area contributed by atoms with Gasteiger partial charge in [-0.05, 0) is 30.5 Å². The van der Waals surface area contributed by atoms with Crippen LogP contribution in [0.4, 0.5) is 4.79 Å². The lowest BCUT2D eigenvalue weighted by Crippen LogP contribution is -2.50. The Morgan fingerprint density at radius 1 is 1.04 bits per heavy atom. The van der Waals surface area contributed by atoms with Gasteiger partial charge in [0, 0.05) is 0 Å². The second kappa shape index (κ2) is 8.45. The predicted octanol–water partition coefficient (Wildman–Crippen LogP) is 0.506. The molecule has 11 heteroatoms. The lowest BCUT2D eigenvalue weighted by Gasteiger charge is -2.10. The van der Waals surface area contributed by atoms with Crippen LogP contribution in [0.15, 0.2) is 46.7 Å². The zero-order valence-corrected chi connectivity index (χ0v) is 15.2. The van der Waals surface area contributed by atoms with E-state index >= 15 is 0 Å². The van der Waals surface area contributed by atoms with E-state index in [1.807, 2.05) is 10.9 Å². The molecule has 26 heavy (non-hydrogen) atoms. The Labute approximate surface area is 153 Å². The SMILES string of the molecule is Cc1ccc(S(=O)(=O)NC(=O)NNC(=O)CNC(=O)c2cccs2)cc1. The fourth-order valence-electron chi connectivity index (χ4n) is 1.75. The number of nitrogens with one attached hydrogen (secondary N) is 4. The highest BCUT2D eigenvalue weighted by atomic mass is 32.2. The van der Waals surface area contributed by atoms with Crippen molar-refractivity contribution in [2.75, 3.05) is 6.54 Å². The van der Waals surface area contributed by atoms with Crippen molar-refractivity contribution in [3.8, 4) is 0 Å². The van der Waals surface area contributed by atoms with Crippen LogP contribution in [-0.2, 0) is 14.8 Å². The molecule has 0 saturated heterocycles. The summed E-state index contributed by atoms with van der Waals surface area (Å²) in [7, 11) is -4.06. The Balaban J connectivity index is 1.78. The van der Waals surface area contributed by atoms with Crippen molar-refractivity contribution >= 4 is 39.2 Å². The van der Waals surface area contributed by atoms with E-state index in [0.29, 0.717) is 4.88 Å². The highest BCUT2D eigenvalue weighted by Gasteiger charge is 2.17. The Morgan fingerprint density at radius 2 is 1.73 bits per heavy atom. The van der Waals surface area contributed by atoms with Crippen LogP contribution in [0.2, 0.25) is 0 Å². The molecular formula is C15H16N4O5S2. The Bertz CT molecular complexity index is 893. The van der Waals surface area contributed by atoms with Crippen LogP contribution in [-0.4, -0.2) is 32.8 Å². The first-order valence-electron chi connectivity index (χ1n) is 7.28. The Hall–Kier alpha value is -2.92. The first-order valence-corrected chi connectivity index (χ1v) is 9.64. The zero-order valence-electron chi connectivity index (χ0n) is 13.6. The topological polar surface area (TPSA) is 133 Å². The summed E-state index contributed by atoms with van der Waals surface area (Å²) in [5.74, 6) is -1.15. The Morgan fingerprint density at radius 3 is 2.35 bits per heavy atom. The van der Waals surface area contributed by atoms with Crippen molar-refractivity contribution in [1.82, 2.24) is 20.9 Å². The number of rotatable bonds is 5. The van der Waals surface area contributed by atoms with Gasteiger partial charge in [-0.2, -0.15) is 0 Å². The van der Waals surface area contributed by atoms with Crippen LogP contribution in [0.25, 0.3) is 0 Å². The van der Waals surface area contributed by atoms with Crippen molar-refractivity contribution in [3.05, 3.63) is 52.2 Å². The molecule has 1 heterocycles. The third-order valence-corrected chi connectivity index (χ3v) is 5.24. The van der Waals surface area contributed by atoms with E-state index in [2.05, 4.69) is 5.32 Å². The number of carbonyl (C=O) groups is 3. The number of sulfonamides is 1. The lowest BCUT2D eigenvalue weighted by atomic mass is 10.2. The molecule has 1 aromatic carbocycles. The molecule has 9 nitrogen and oxygen atoms in total. The van der Waals surface area contributed by atoms with Gasteiger partial charge in [-0.3, -0.25) is 15.0 Å². The summed E-state index contributed by atoms with van der Waals surface area (Å²) < 4.78 is 25.8. The lowest BCUT2D eigenvalue weighted by molar-refractivity contribution is -0.120. The summed E-state index contributed by atoms with van der Waals surface area (Å²) in [5.41, 5.74) is 4.76. The summed E-state index contributed by atoms with van der Waals surface area (Å²) in [5, 5.41) is 4.08. The van der Waals surface area contributed by atoms with Crippen molar-refractivity contribution in [2.45, 2.75) is 11.8 Å². The van der Waals surface area contributed by atoms with Gasteiger partial charge in [0.1, 0.15) is 0 Å². The second-order valence-corrected chi connectivity index (χ2v) is 7.71. The second-order valence-electron chi connectivity index (χ2n) is 5.08. The molecule has 0 atom stereocenters. The fraction of sp³-hybridized carbons (Fsp3) is 0.133. The van der Waals surface area contributed by atoms with E-state index in [1.54, 1.807) is 41.3 Å². The number of amides is 4. The Kier molecular flexibility index (Phi) is 6.31. The molecule has 4 N–H and O–H groups in total. The van der Waals surface area contributed by atoms with Gasteiger partial charge in [-0.15, -0.1) is 11.3 Å². The van der Waals surface area contributed by atoms with Gasteiger partial charge in [0.2, 0.25) is 0 Å². The van der Waals surface area contributed by atoms with Crippen LogP contribution in [0.1, 0.15) is 15.2 Å². The zero-order chi connectivity index (χ0) is 19.2. The van der Waals surface area contributed by atoms with Crippen molar-refractivity contribution in [2.24, 2.45) is 0 Å². The third-order valence-electron chi connectivity index (χ3n) is 3.03. The van der Waals surface area contributed by atoms with Crippen molar-refractivity contribution in [1.29, 1.82) is 0 Å². The minimum absolute atomic E-state index is 0.0900. The van der Waals surface area contributed by atoms with Gasteiger partial charge >= 0.3 is 6.03 Å². The number of aryl methyl sites for hydroxylation is 1. The van der Waals surface area contributed by atoms with Crippen LogP contribution in [0.3, 0.4) is 0 Å². The predicted molar refractivity (Wildman–Crippen MR) is 94.8 cm³/mol. The van der Waals surface area contributed by atoms with Gasteiger partial charge in [0.25, 0.3) is 21.8 Å². The summed E-state index contributed by atoms with van der Waals surface area (Å²) in [6.07, 6.45) is 0. The van der Waals surface area contributed by atoms with Gasteiger partial charge in [-0.1, -0.05) is 23.8 Å². The molecule has 0 bridgehead atoms. The normalized spacial score (nSPS) is 10.7. The largest absolute Gasteiger partial charge is 0.347 e. The van der Waals surface area contributed by atoms with E-state index < -0.39 is 27.9 Å². The number of thiophene rings is 1. The molecule has 1 aromatic heterocycles. The van der Waals surface area contributed by atoms with Crippen LogP contribution in [0, 0.1) is 6.92 Å². The highest BCUT2D eigenvalue weighted by molar-refractivity contribution is 7.90. The molecule has 2 aromatic rings. The average molecular weight is 396 g/mol. The molecule has 0 aliphatic carbocycles. The molecule has 138 valence electrons. The van der Waals surface area contributed by atoms with Crippen LogP contribution in [0.5, 0.6) is 0 Å². The van der Waals surface area contributed by atoms with E-state index in [4.69, 9.17) is 0 Å². The smallest absolute Gasteiger partial charge is 0.342 e. The molecule has 0 radical (unpaired) electrons.